The van der Waals surface area contributed by atoms with Gasteiger partial charge in [0.25, 0.3) is 0 Å². The van der Waals surface area contributed by atoms with Crippen molar-refractivity contribution in [2.24, 2.45) is 0 Å². The number of benzene rings is 1. The second kappa shape index (κ2) is 4.49. The van der Waals surface area contributed by atoms with E-state index in [1.165, 1.54) is 17.0 Å². The van der Waals surface area contributed by atoms with Crippen molar-refractivity contribution >= 4 is 6.09 Å². The van der Waals surface area contributed by atoms with Gasteiger partial charge in [-0.15, -0.1) is 0 Å². The van der Waals surface area contributed by atoms with Gasteiger partial charge in [0.05, 0.1) is 6.04 Å². The summed E-state index contributed by atoms with van der Waals surface area (Å²) in [5, 5.41) is 12.1. The molecular weight excluding hydrogens is 211 g/mol. The Morgan fingerprint density at radius 3 is 2.75 bits per heavy atom. The zero-order valence-electron chi connectivity index (χ0n) is 8.69. The lowest BCUT2D eigenvalue weighted by molar-refractivity contribution is 0.129. The van der Waals surface area contributed by atoms with Crippen LogP contribution in [0.5, 0.6) is 0 Å². The number of nitrogens with one attached hydrogen (secondary N) is 1. The molecule has 1 aliphatic rings. The summed E-state index contributed by atoms with van der Waals surface area (Å²) in [5.74, 6) is -0.283. The van der Waals surface area contributed by atoms with Crippen LogP contribution in [-0.4, -0.2) is 35.7 Å². The van der Waals surface area contributed by atoms with Gasteiger partial charge in [0.2, 0.25) is 0 Å². The summed E-state index contributed by atoms with van der Waals surface area (Å²) < 4.78 is 12.7. The predicted octanol–water partition coefficient (Wildman–Crippen LogP) is 1.45. The van der Waals surface area contributed by atoms with E-state index in [4.69, 9.17) is 5.11 Å². The molecule has 1 amide bonds. The van der Waals surface area contributed by atoms with Crippen molar-refractivity contribution in [2.75, 3.05) is 19.6 Å². The molecule has 5 heteroatoms. The van der Waals surface area contributed by atoms with E-state index in [0.717, 1.165) is 5.56 Å². The fourth-order valence-electron chi connectivity index (χ4n) is 1.84. The number of rotatable bonds is 1. The van der Waals surface area contributed by atoms with Gasteiger partial charge in [-0.1, -0.05) is 12.1 Å². The van der Waals surface area contributed by atoms with Gasteiger partial charge in [-0.2, -0.15) is 0 Å². The molecule has 1 heterocycles. The van der Waals surface area contributed by atoms with E-state index in [2.05, 4.69) is 5.32 Å². The Kier molecular flexibility index (Phi) is 3.05. The molecule has 2 N–H and O–H groups in total. The molecule has 0 aliphatic carbocycles. The lowest BCUT2D eigenvalue weighted by Crippen LogP contribution is -2.47. The average Bonchev–Trinajstić information content (AvgIpc) is 2.30. The third-order valence-corrected chi connectivity index (χ3v) is 2.72. The van der Waals surface area contributed by atoms with Crippen molar-refractivity contribution in [2.45, 2.75) is 6.04 Å². The number of halogens is 1. The highest BCUT2D eigenvalue weighted by atomic mass is 19.1. The Morgan fingerprint density at radius 2 is 2.12 bits per heavy atom. The van der Waals surface area contributed by atoms with Gasteiger partial charge in [-0.05, 0) is 17.7 Å². The lowest BCUT2D eigenvalue weighted by Gasteiger charge is -2.32. The standard InChI is InChI=1S/C11H13FN2O2/c12-9-3-1-8(2-4-9)10-7-14(11(15)16)6-5-13-10/h1-4,10,13H,5-7H2,(H,15,16). The molecule has 0 aromatic heterocycles. The van der Waals surface area contributed by atoms with Crippen LogP contribution in [0.1, 0.15) is 11.6 Å². The molecule has 1 aromatic carbocycles. The lowest BCUT2D eigenvalue weighted by atomic mass is 10.0. The van der Waals surface area contributed by atoms with E-state index in [1.807, 2.05) is 0 Å². The summed E-state index contributed by atoms with van der Waals surface area (Å²) in [4.78, 5) is 12.2. The number of hydrogen-bond donors (Lipinski definition) is 2. The minimum Gasteiger partial charge on any atom is -0.465 e. The highest BCUT2D eigenvalue weighted by molar-refractivity contribution is 5.65. The van der Waals surface area contributed by atoms with Crippen molar-refractivity contribution in [1.29, 1.82) is 0 Å². The topological polar surface area (TPSA) is 52.6 Å². The number of nitrogens with zero attached hydrogens (tertiary/aromatic N) is 1. The highest BCUT2D eigenvalue weighted by Gasteiger charge is 2.23. The normalized spacial score (nSPS) is 20.8. The van der Waals surface area contributed by atoms with Crippen LogP contribution in [0.2, 0.25) is 0 Å². The molecule has 1 fully saturated rings. The number of amides is 1. The van der Waals surface area contributed by atoms with Gasteiger partial charge in [0.15, 0.2) is 0 Å². The maximum atomic E-state index is 12.7. The van der Waals surface area contributed by atoms with E-state index in [9.17, 15) is 9.18 Å². The van der Waals surface area contributed by atoms with Crippen LogP contribution in [-0.2, 0) is 0 Å². The van der Waals surface area contributed by atoms with E-state index in [1.54, 1.807) is 12.1 Å². The van der Waals surface area contributed by atoms with Crippen LogP contribution >= 0.6 is 0 Å². The maximum Gasteiger partial charge on any atom is 0.407 e. The molecule has 0 spiro atoms. The third-order valence-electron chi connectivity index (χ3n) is 2.72. The fourth-order valence-corrected chi connectivity index (χ4v) is 1.84. The second-order valence-corrected chi connectivity index (χ2v) is 3.79. The SMILES string of the molecule is O=C(O)N1CCNC(c2ccc(F)cc2)C1. The van der Waals surface area contributed by atoms with Gasteiger partial charge in [-0.3, -0.25) is 0 Å². The van der Waals surface area contributed by atoms with Crippen LogP contribution in [0.25, 0.3) is 0 Å². The zero-order valence-corrected chi connectivity index (χ0v) is 8.69. The van der Waals surface area contributed by atoms with E-state index < -0.39 is 6.09 Å². The van der Waals surface area contributed by atoms with Crippen molar-refractivity contribution < 1.29 is 14.3 Å². The van der Waals surface area contributed by atoms with Crippen LogP contribution in [0, 0.1) is 5.82 Å². The minimum atomic E-state index is -0.909. The smallest absolute Gasteiger partial charge is 0.407 e. The first-order valence-corrected chi connectivity index (χ1v) is 5.13. The number of carbonyl (C=O) groups is 1. The molecule has 0 radical (unpaired) electrons. The van der Waals surface area contributed by atoms with Crippen molar-refractivity contribution in [3.05, 3.63) is 35.6 Å². The largest absolute Gasteiger partial charge is 0.465 e. The highest BCUT2D eigenvalue weighted by Crippen LogP contribution is 2.17. The van der Waals surface area contributed by atoms with Gasteiger partial charge < -0.3 is 15.3 Å². The quantitative estimate of drug-likeness (QED) is 0.759. The molecule has 2 rings (SSSR count). The van der Waals surface area contributed by atoms with Crippen LogP contribution in [0.15, 0.2) is 24.3 Å². The molecule has 0 bridgehead atoms. The molecular formula is C11H13FN2O2. The first-order chi connectivity index (χ1) is 7.66. The summed E-state index contributed by atoms with van der Waals surface area (Å²) in [6, 6.07) is 6.08. The van der Waals surface area contributed by atoms with Gasteiger partial charge in [0.1, 0.15) is 5.82 Å². The molecule has 4 nitrogen and oxygen atoms in total. The van der Waals surface area contributed by atoms with E-state index >= 15 is 0 Å². The Balaban J connectivity index is 2.09. The monoisotopic (exact) mass is 224 g/mol. The molecule has 1 saturated heterocycles. The second-order valence-electron chi connectivity index (χ2n) is 3.79. The van der Waals surface area contributed by atoms with Crippen LogP contribution in [0.4, 0.5) is 9.18 Å². The van der Waals surface area contributed by atoms with Crippen molar-refractivity contribution in [3.8, 4) is 0 Å². The van der Waals surface area contributed by atoms with Crippen LogP contribution < -0.4 is 5.32 Å². The van der Waals surface area contributed by atoms with E-state index in [0.29, 0.717) is 19.6 Å². The molecule has 1 aromatic rings. The predicted molar refractivity (Wildman–Crippen MR) is 56.7 cm³/mol. The average molecular weight is 224 g/mol. The molecule has 0 saturated carbocycles. The summed E-state index contributed by atoms with van der Waals surface area (Å²) >= 11 is 0. The van der Waals surface area contributed by atoms with Crippen molar-refractivity contribution in [1.82, 2.24) is 10.2 Å². The number of piperazine rings is 1. The Morgan fingerprint density at radius 1 is 1.44 bits per heavy atom. The third kappa shape index (κ3) is 2.30. The van der Waals surface area contributed by atoms with Gasteiger partial charge in [-0.25, -0.2) is 9.18 Å². The van der Waals surface area contributed by atoms with Crippen molar-refractivity contribution in [3.63, 3.8) is 0 Å². The fraction of sp³-hybridized carbons (Fsp3) is 0.364. The molecule has 1 unspecified atom stereocenters. The first-order valence-electron chi connectivity index (χ1n) is 5.13. The molecule has 86 valence electrons. The molecule has 1 aliphatic heterocycles. The number of hydrogen-bond acceptors (Lipinski definition) is 2. The zero-order chi connectivity index (χ0) is 11.5. The summed E-state index contributed by atoms with van der Waals surface area (Å²) in [6.45, 7) is 1.52. The van der Waals surface area contributed by atoms with Gasteiger partial charge >= 0.3 is 6.09 Å². The summed E-state index contributed by atoms with van der Waals surface area (Å²) in [6.07, 6.45) is -0.909. The molecule has 16 heavy (non-hydrogen) atoms. The van der Waals surface area contributed by atoms with Crippen LogP contribution in [0.3, 0.4) is 0 Å². The minimum absolute atomic E-state index is 0.0505. The molecule has 1 atom stereocenters. The Bertz CT molecular complexity index is 380. The van der Waals surface area contributed by atoms with E-state index in [-0.39, 0.29) is 11.9 Å². The Labute approximate surface area is 92.7 Å². The summed E-state index contributed by atoms with van der Waals surface area (Å²) in [5.41, 5.74) is 0.910. The summed E-state index contributed by atoms with van der Waals surface area (Å²) in [7, 11) is 0. The number of carboxylic acid groups (broad SMARTS) is 1. The Hall–Kier alpha value is -1.62. The maximum absolute atomic E-state index is 12.7. The first kappa shape index (κ1) is 10.9. The van der Waals surface area contributed by atoms with Gasteiger partial charge in [0, 0.05) is 19.6 Å².